The zero-order chi connectivity index (χ0) is 19.9. The summed E-state index contributed by atoms with van der Waals surface area (Å²) in [5, 5.41) is 6.98. The van der Waals surface area contributed by atoms with E-state index in [1.807, 2.05) is 6.92 Å². The van der Waals surface area contributed by atoms with E-state index in [1.54, 1.807) is 53.5 Å². The molecule has 2 aromatic heterocycles. The van der Waals surface area contributed by atoms with Crippen LogP contribution in [0.5, 0.6) is 5.75 Å². The molecule has 2 atom stereocenters. The second kappa shape index (κ2) is 9.32. The summed E-state index contributed by atoms with van der Waals surface area (Å²) in [5.41, 5.74) is 0.458. The average molecular weight is 387 g/mol. The van der Waals surface area contributed by atoms with Crippen LogP contribution in [0.2, 0.25) is 0 Å². The number of aromatic nitrogens is 3. The number of carbonyl (C=O) groups excluding carboxylic acids is 2. The van der Waals surface area contributed by atoms with Crippen LogP contribution in [0.1, 0.15) is 23.8 Å². The fourth-order valence-corrected chi connectivity index (χ4v) is 3.27. The fourth-order valence-electron chi connectivity index (χ4n) is 3.27. The highest BCUT2D eigenvalue weighted by Gasteiger charge is 2.41. The van der Waals surface area contributed by atoms with Crippen LogP contribution in [-0.4, -0.2) is 70.4 Å². The van der Waals surface area contributed by atoms with Gasteiger partial charge in [0.25, 0.3) is 5.91 Å². The number of ether oxygens (including phenoxy) is 2. The maximum absolute atomic E-state index is 13.1. The largest absolute Gasteiger partial charge is 0.487 e. The highest BCUT2D eigenvalue weighted by molar-refractivity contribution is 5.96. The third-order valence-corrected chi connectivity index (χ3v) is 4.60. The molecule has 150 valence electrons. The van der Waals surface area contributed by atoms with E-state index in [1.165, 1.54) is 0 Å². The lowest BCUT2D eigenvalue weighted by Crippen LogP contribution is -2.47. The van der Waals surface area contributed by atoms with Crippen molar-refractivity contribution in [2.24, 2.45) is 0 Å². The summed E-state index contributed by atoms with van der Waals surface area (Å²) in [6, 6.07) is 4.63. The number of hydrogen-bond acceptors (Lipinski definition) is 6. The first-order chi connectivity index (χ1) is 13.6. The van der Waals surface area contributed by atoms with Gasteiger partial charge in [-0.05, 0) is 25.1 Å². The maximum Gasteiger partial charge on any atom is 0.272 e. The Morgan fingerprint density at radius 2 is 2.18 bits per heavy atom. The van der Waals surface area contributed by atoms with Crippen molar-refractivity contribution < 1.29 is 19.1 Å². The van der Waals surface area contributed by atoms with E-state index in [0.717, 1.165) is 0 Å². The molecule has 0 spiro atoms. The summed E-state index contributed by atoms with van der Waals surface area (Å²) in [7, 11) is 1.57. The van der Waals surface area contributed by atoms with Crippen LogP contribution < -0.4 is 10.1 Å². The molecule has 0 bridgehead atoms. The summed E-state index contributed by atoms with van der Waals surface area (Å²) < 4.78 is 12.6. The molecule has 1 aliphatic rings. The number of rotatable bonds is 8. The number of nitrogens with zero attached hydrogens (tertiary/aromatic N) is 4. The van der Waals surface area contributed by atoms with E-state index in [4.69, 9.17) is 9.47 Å². The molecule has 2 amide bonds. The summed E-state index contributed by atoms with van der Waals surface area (Å²) in [6.07, 6.45) is 4.97. The first-order valence-corrected chi connectivity index (χ1v) is 9.30. The van der Waals surface area contributed by atoms with E-state index >= 15 is 0 Å². The van der Waals surface area contributed by atoms with E-state index in [0.29, 0.717) is 44.1 Å². The number of aryl methyl sites for hydroxylation is 1. The van der Waals surface area contributed by atoms with Crippen LogP contribution in [0.4, 0.5) is 0 Å². The monoisotopic (exact) mass is 387 g/mol. The van der Waals surface area contributed by atoms with Crippen LogP contribution in [0.3, 0.4) is 0 Å². The lowest BCUT2D eigenvalue weighted by molar-refractivity contribution is -0.125. The Kier molecular flexibility index (Phi) is 6.59. The van der Waals surface area contributed by atoms with Gasteiger partial charge in [-0.3, -0.25) is 19.3 Å². The van der Waals surface area contributed by atoms with Gasteiger partial charge in [-0.15, -0.1) is 0 Å². The van der Waals surface area contributed by atoms with Crippen molar-refractivity contribution in [2.75, 3.05) is 26.8 Å². The Labute approximate surface area is 163 Å². The molecule has 0 radical (unpaired) electrons. The van der Waals surface area contributed by atoms with Crippen LogP contribution in [0, 0.1) is 0 Å². The number of pyridine rings is 1. The van der Waals surface area contributed by atoms with Crippen molar-refractivity contribution in [3.63, 3.8) is 0 Å². The third-order valence-electron chi connectivity index (χ3n) is 4.60. The minimum absolute atomic E-state index is 0.217. The number of likely N-dealkylation sites (tertiary alicyclic amines) is 1. The molecule has 9 nitrogen and oxygen atoms in total. The van der Waals surface area contributed by atoms with Gasteiger partial charge >= 0.3 is 0 Å². The van der Waals surface area contributed by atoms with Crippen molar-refractivity contribution >= 4 is 11.8 Å². The van der Waals surface area contributed by atoms with Gasteiger partial charge < -0.3 is 19.7 Å². The van der Waals surface area contributed by atoms with Gasteiger partial charge in [0.15, 0.2) is 0 Å². The zero-order valence-corrected chi connectivity index (χ0v) is 16.1. The standard InChI is InChI=1S/C19H25N5O4/c1-3-24-16(6-8-22-24)19(26)23-13-15(28-14-5-4-7-20-12-14)11-17(23)18(25)21-9-10-27-2/h4-8,12,15,17H,3,9-11,13H2,1-2H3,(H,21,25)/t15-,17+/m0/s1. The Bertz CT molecular complexity index is 795. The summed E-state index contributed by atoms with van der Waals surface area (Å²) in [5.74, 6) is 0.160. The number of carbonyl (C=O) groups is 2. The predicted octanol–water partition coefficient (Wildman–Crippen LogP) is 0.723. The highest BCUT2D eigenvalue weighted by Crippen LogP contribution is 2.25. The Hall–Kier alpha value is -2.94. The second-order valence-electron chi connectivity index (χ2n) is 6.45. The molecule has 1 fully saturated rings. The third kappa shape index (κ3) is 4.48. The predicted molar refractivity (Wildman–Crippen MR) is 101 cm³/mol. The number of hydrogen-bond donors (Lipinski definition) is 1. The Morgan fingerprint density at radius 3 is 2.89 bits per heavy atom. The van der Waals surface area contributed by atoms with Crippen molar-refractivity contribution in [3.05, 3.63) is 42.5 Å². The minimum Gasteiger partial charge on any atom is -0.487 e. The van der Waals surface area contributed by atoms with Gasteiger partial charge in [0.1, 0.15) is 23.6 Å². The molecule has 3 heterocycles. The van der Waals surface area contributed by atoms with Crippen LogP contribution in [0.15, 0.2) is 36.8 Å². The molecule has 0 aromatic carbocycles. The summed E-state index contributed by atoms with van der Waals surface area (Å²) in [4.78, 5) is 31.4. The molecule has 0 saturated carbocycles. The van der Waals surface area contributed by atoms with E-state index < -0.39 is 6.04 Å². The fraction of sp³-hybridized carbons (Fsp3) is 0.474. The van der Waals surface area contributed by atoms with E-state index in [9.17, 15) is 9.59 Å². The second-order valence-corrected chi connectivity index (χ2v) is 6.45. The molecule has 9 heteroatoms. The average Bonchev–Trinajstić information content (AvgIpc) is 3.35. The van der Waals surface area contributed by atoms with Crippen LogP contribution >= 0.6 is 0 Å². The first-order valence-electron chi connectivity index (χ1n) is 9.30. The topological polar surface area (TPSA) is 98.6 Å². The molecule has 1 aliphatic heterocycles. The molecule has 1 N–H and O–H groups in total. The summed E-state index contributed by atoms with van der Waals surface area (Å²) >= 11 is 0. The smallest absolute Gasteiger partial charge is 0.272 e. The van der Waals surface area contributed by atoms with E-state index in [-0.39, 0.29) is 17.9 Å². The summed E-state index contributed by atoms with van der Waals surface area (Å²) in [6.45, 7) is 3.59. The Morgan fingerprint density at radius 1 is 1.32 bits per heavy atom. The highest BCUT2D eigenvalue weighted by atomic mass is 16.5. The van der Waals surface area contributed by atoms with Crippen LogP contribution in [0.25, 0.3) is 0 Å². The van der Waals surface area contributed by atoms with Gasteiger partial charge in [0, 0.05) is 39.0 Å². The zero-order valence-electron chi connectivity index (χ0n) is 16.1. The molecule has 28 heavy (non-hydrogen) atoms. The number of methoxy groups -OCH3 is 1. The maximum atomic E-state index is 13.1. The first kappa shape index (κ1) is 19.8. The lowest BCUT2D eigenvalue weighted by Gasteiger charge is -2.23. The SMILES string of the molecule is CCn1nccc1C(=O)N1C[C@@H](Oc2cccnc2)C[C@@H]1C(=O)NCCOC. The van der Waals surface area contributed by atoms with Crippen molar-refractivity contribution in [1.82, 2.24) is 25.0 Å². The molecule has 0 aliphatic carbocycles. The molecule has 3 rings (SSSR count). The van der Waals surface area contributed by atoms with Gasteiger partial charge in [-0.2, -0.15) is 5.10 Å². The lowest BCUT2D eigenvalue weighted by atomic mass is 10.1. The van der Waals surface area contributed by atoms with Gasteiger partial charge in [-0.25, -0.2) is 0 Å². The van der Waals surface area contributed by atoms with Gasteiger partial charge in [0.05, 0.1) is 19.3 Å². The molecular weight excluding hydrogens is 362 g/mol. The quantitative estimate of drug-likeness (QED) is 0.671. The molecule has 2 aromatic rings. The number of amides is 2. The van der Waals surface area contributed by atoms with Crippen molar-refractivity contribution in [1.29, 1.82) is 0 Å². The van der Waals surface area contributed by atoms with Crippen molar-refractivity contribution in [3.8, 4) is 5.75 Å². The van der Waals surface area contributed by atoms with Crippen molar-refractivity contribution in [2.45, 2.75) is 32.0 Å². The van der Waals surface area contributed by atoms with Gasteiger partial charge in [-0.1, -0.05) is 0 Å². The minimum atomic E-state index is -0.619. The normalized spacial score (nSPS) is 18.9. The van der Waals surface area contributed by atoms with E-state index in [2.05, 4.69) is 15.4 Å². The number of nitrogens with one attached hydrogen (secondary N) is 1. The molecule has 1 saturated heterocycles. The van der Waals surface area contributed by atoms with Gasteiger partial charge in [0.2, 0.25) is 5.91 Å². The Balaban J connectivity index is 1.77. The molecule has 0 unspecified atom stereocenters. The van der Waals surface area contributed by atoms with Crippen LogP contribution in [-0.2, 0) is 16.1 Å². The molecular formula is C19H25N5O4.